The van der Waals surface area contributed by atoms with E-state index >= 15 is 0 Å². The van der Waals surface area contributed by atoms with Gasteiger partial charge in [-0.15, -0.1) is 0 Å². The van der Waals surface area contributed by atoms with E-state index in [1.54, 1.807) is 0 Å². The second kappa shape index (κ2) is 7.46. The minimum Gasteiger partial charge on any atom is -0.0622 e. The molecule has 148 valence electrons. The third kappa shape index (κ3) is 5.24. The molecule has 1 unspecified atom stereocenters. The first-order valence-corrected chi connectivity index (χ1v) is 10.4. The van der Waals surface area contributed by atoms with Gasteiger partial charge in [-0.2, -0.15) is 0 Å². The average Bonchev–Trinajstić information content (AvgIpc) is 2.52. The van der Waals surface area contributed by atoms with Crippen LogP contribution in [0, 0.1) is 0 Å². The van der Waals surface area contributed by atoms with Gasteiger partial charge in [0, 0.05) is 0 Å². The van der Waals surface area contributed by atoms with Gasteiger partial charge in [0.2, 0.25) is 0 Å². The van der Waals surface area contributed by atoms with Crippen LogP contribution in [0.2, 0.25) is 0 Å². The fourth-order valence-electron chi connectivity index (χ4n) is 3.99. The van der Waals surface area contributed by atoms with Gasteiger partial charge in [-0.3, -0.25) is 0 Å². The number of benzene rings is 2. The van der Waals surface area contributed by atoms with Gasteiger partial charge in [0.15, 0.2) is 0 Å². The maximum atomic E-state index is 2.54. The Bertz CT molecular complexity index is 759. The van der Waals surface area contributed by atoms with E-state index in [4.69, 9.17) is 0 Å². The molecule has 0 heterocycles. The molecule has 0 saturated carbocycles. The lowest BCUT2D eigenvalue weighted by molar-refractivity contribution is 0.517. The molecular weight excluding hydrogens is 324 g/mol. The lowest BCUT2D eigenvalue weighted by Gasteiger charge is -2.35. The summed E-state index contributed by atoms with van der Waals surface area (Å²) in [5.41, 5.74) is 7.85. The summed E-state index contributed by atoms with van der Waals surface area (Å²) in [6.07, 6.45) is 1.09. The Labute approximate surface area is 168 Å². The third-order valence-corrected chi connectivity index (χ3v) is 5.53. The molecule has 0 N–H and O–H groups in total. The quantitative estimate of drug-likeness (QED) is 0.518. The van der Waals surface area contributed by atoms with Gasteiger partial charge in [-0.1, -0.05) is 112 Å². The Morgan fingerprint density at radius 3 is 1.52 bits per heavy atom. The molecule has 0 amide bonds. The Morgan fingerprint density at radius 1 is 0.630 bits per heavy atom. The zero-order chi connectivity index (χ0) is 20.6. The molecule has 2 aromatic rings. The van der Waals surface area contributed by atoms with Crippen LogP contribution >= 0.6 is 0 Å². The van der Waals surface area contributed by atoms with Crippen LogP contribution in [0.25, 0.3) is 0 Å². The number of hydrogen-bond acceptors (Lipinski definition) is 0. The Hall–Kier alpha value is -1.56. The van der Waals surface area contributed by atoms with Crippen molar-refractivity contribution in [2.24, 2.45) is 0 Å². The van der Waals surface area contributed by atoms with E-state index in [9.17, 15) is 0 Å². The van der Waals surface area contributed by atoms with Crippen molar-refractivity contribution in [1.82, 2.24) is 0 Å². The van der Waals surface area contributed by atoms with Gasteiger partial charge in [0.25, 0.3) is 0 Å². The SMILES string of the molecule is CC(Cc1ccccc1)c1cc(C(C)(C)C)c(C(C)(C)C)cc1C(C)(C)C. The van der Waals surface area contributed by atoms with E-state index < -0.39 is 0 Å². The lowest BCUT2D eigenvalue weighted by Crippen LogP contribution is -2.26. The Morgan fingerprint density at radius 2 is 1.07 bits per heavy atom. The molecule has 27 heavy (non-hydrogen) atoms. The van der Waals surface area contributed by atoms with E-state index in [0.717, 1.165) is 6.42 Å². The molecular formula is C27H40. The van der Waals surface area contributed by atoms with Crippen molar-refractivity contribution >= 4 is 0 Å². The number of hydrogen-bond donors (Lipinski definition) is 0. The summed E-state index contributed by atoms with van der Waals surface area (Å²) in [7, 11) is 0. The maximum Gasteiger partial charge on any atom is -0.0129 e. The molecule has 0 aliphatic rings. The summed E-state index contributed by atoms with van der Waals surface area (Å²) in [5.74, 6) is 0.497. The molecule has 0 aromatic heterocycles. The molecule has 2 aromatic carbocycles. The van der Waals surface area contributed by atoms with E-state index in [2.05, 4.69) is 112 Å². The molecule has 1 atom stereocenters. The largest absolute Gasteiger partial charge is 0.0622 e. The van der Waals surface area contributed by atoms with Crippen LogP contribution in [0.5, 0.6) is 0 Å². The van der Waals surface area contributed by atoms with E-state index in [-0.39, 0.29) is 16.2 Å². The van der Waals surface area contributed by atoms with Crippen LogP contribution in [0.3, 0.4) is 0 Å². The molecule has 0 nitrogen and oxygen atoms in total. The molecule has 0 spiro atoms. The third-order valence-electron chi connectivity index (χ3n) is 5.53. The van der Waals surface area contributed by atoms with E-state index in [1.165, 1.54) is 27.8 Å². The fourth-order valence-corrected chi connectivity index (χ4v) is 3.99. The monoisotopic (exact) mass is 364 g/mol. The summed E-state index contributed by atoms with van der Waals surface area (Å²) < 4.78 is 0. The summed E-state index contributed by atoms with van der Waals surface area (Å²) in [5, 5.41) is 0. The smallest absolute Gasteiger partial charge is 0.0129 e. The highest BCUT2D eigenvalue weighted by atomic mass is 14.3. The van der Waals surface area contributed by atoms with Gasteiger partial charge >= 0.3 is 0 Å². The summed E-state index contributed by atoms with van der Waals surface area (Å²) >= 11 is 0. The van der Waals surface area contributed by atoms with Crippen molar-refractivity contribution < 1.29 is 0 Å². The first-order valence-electron chi connectivity index (χ1n) is 10.4. The summed E-state index contributed by atoms with van der Waals surface area (Å²) in [6.45, 7) is 23.5. The van der Waals surface area contributed by atoms with Crippen LogP contribution in [-0.4, -0.2) is 0 Å². The molecule has 0 fully saturated rings. The van der Waals surface area contributed by atoms with E-state index in [0.29, 0.717) is 5.92 Å². The van der Waals surface area contributed by atoms with Crippen LogP contribution in [0.1, 0.15) is 103 Å². The first kappa shape index (κ1) is 21.7. The normalized spacial score (nSPS) is 14.3. The van der Waals surface area contributed by atoms with Crippen LogP contribution in [0.4, 0.5) is 0 Å². The van der Waals surface area contributed by atoms with Gasteiger partial charge in [-0.25, -0.2) is 0 Å². The number of rotatable bonds is 3. The highest BCUT2D eigenvalue weighted by Crippen LogP contribution is 2.41. The highest BCUT2D eigenvalue weighted by molar-refractivity contribution is 5.48. The second-order valence-electron chi connectivity index (χ2n) is 11.3. The fraction of sp³-hybridized carbons (Fsp3) is 0.556. The van der Waals surface area contributed by atoms with Crippen LogP contribution in [0.15, 0.2) is 42.5 Å². The minimum absolute atomic E-state index is 0.136. The Kier molecular flexibility index (Phi) is 6.00. The second-order valence-corrected chi connectivity index (χ2v) is 11.3. The molecule has 0 radical (unpaired) electrons. The summed E-state index contributed by atoms with van der Waals surface area (Å²) in [6, 6.07) is 16.0. The predicted molar refractivity (Wildman–Crippen MR) is 121 cm³/mol. The lowest BCUT2D eigenvalue weighted by atomic mass is 9.69. The standard InChI is InChI=1S/C27H40/c1-19(16-20-14-12-11-13-15-20)21-17-23(26(5,6)7)24(27(8,9)10)18-22(21)25(2,3)4/h11-15,17-19H,16H2,1-10H3. The maximum absolute atomic E-state index is 2.54. The first-order chi connectivity index (χ1) is 12.2. The summed E-state index contributed by atoms with van der Waals surface area (Å²) in [4.78, 5) is 0. The van der Waals surface area contributed by atoms with Crippen LogP contribution in [-0.2, 0) is 22.7 Å². The molecule has 2 rings (SSSR count). The highest BCUT2D eigenvalue weighted by Gasteiger charge is 2.30. The molecule has 0 bridgehead atoms. The van der Waals surface area contributed by atoms with Gasteiger partial charge in [-0.05, 0) is 56.4 Å². The van der Waals surface area contributed by atoms with E-state index in [1.807, 2.05) is 0 Å². The van der Waals surface area contributed by atoms with Crippen molar-refractivity contribution in [3.8, 4) is 0 Å². The molecule has 0 heteroatoms. The van der Waals surface area contributed by atoms with Crippen molar-refractivity contribution in [2.45, 2.75) is 97.8 Å². The zero-order valence-corrected chi connectivity index (χ0v) is 19.3. The van der Waals surface area contributed by atoms with Gasteiger partial charge < -0.3 is 0 Å². The zero-order valence-electron chi connectivity index (χ0n) is 19.3. The average molecular weight is 365 g/mol. The molecule has 0 saturated heterocycles. The molecule has 0 aliphatic carbocycles. The molecule has 0 aliphatic heterocycles. The van der Waals surface area contributed by atoms with Crippen LogP contribution < -0.4 is 0 Å². The Balaban J connectivity index is 2.67. The van der Waals surface area contributed by atoms with Crippen molar-refractivity contribution in [3.05, 3.63) is 70.3 Å². The topological polar surface area (TPSA) is 0 Å². The van der Waals surface area contributed by atoms with Crippen molar-refractivity contribution in [3.63, 3.8) is 0 Å². The van der Waals surface area contributed by atoms with Crippen molar-refractivity contribution in [2.75, 3.05) is 0 Å². The predicted octanol–water partition coefficient (Wildman–Crippen LogP) is 7.93. The van der Waals surface area contributed by atoms with Crippen molar-refractivity contribution in [1.29, 1.82) is 0 Å². The van der Waals surface area contributed by atoms with Gasteiger partial charge in [0.05, 0.1) is 0 Å². The minimum atomic E-state index is 0.136. The van der Waals surface area contributed by atoms with Gasteiger partial charge in [0.1, 0.15) is 0 Å².